The Labute approximate surface area is 111 Å². The second-order valence-corrected chi connectivity index (χ2v) is 6.61. The Morgan fingerprint density at radius 2 is 2.00 bits per heavy atom. The Morgan fingerprint density at radius 3 is 2.67 bits per heavy atom. The van der Waals surface area contributed by atoms with Gasteiger partial charge >= 0.3 is 0 Å². The highest BCUT2D eigenvalue weighted by Crippen LogP contribution is 2.40. The summed E-state index contributed by atoms with van der Waals surface area (Å²) in [6.07, 6.45) is 5.13. The quantitative estimate of drug-likeness (QED) is 0.821. The SMILES string of the molecule is CC(C)C(C)C(=O)N1CCC2(O)CCCCC2C1. The monoisotopic (exact) mass is 253 g/mol. The van der Waals surface area contributed by atoms with Crippen LogP contribution in [-0.2, 0) is 4.79 Å². The van der Waals surface area contributed by atoms with Gasteiger partial charge in [-0.3, -0.25) is 4.79 Å². The molecule has 1 saturated heterocycles. The molecule has 0 aromatic carbocycles. The molecule has 2 aliphatic rings. The number of likely N-dealkylation sites (tertiary alicyclic amines) is 1. The fraction of sp³-hybridized carbons (Fsp3) is 0.933. The number of amides is 1. The van der Waals surface area contributed by atoms with Crippen LogP contribution in [-0.4, -0.2) is 34.6 Å². The van der Waals surface area contributed by atoms with E-state index in [1.807, 2.05) is 11.8 Å². The van der Waals surface area contributed by atoms with Crippen molar-refractivity contribution < 1.29 is 9.90 Å². The van der Waals surface area contributed by atoms with Gasteiger partial charge in [-0.05, 0) is 25.2 Å². The molecule has 1 amide bonds. The molecule has 2 fully saturated rings. The molecule has 1 aliphatic heterocycles. The minimum Gasteiger partial charge on any atom is -0.389 e. The average Bonchev–Trinajstić information content (AvgIpc) is 2.35. The molecule has 104 valence electrons. The van der Waals surface area contributed by atoms with Crippen LogP contribution in [0.25, 0.3) is 0 Å². The maximum Gasteiger partial charge on any atom is 0.225 e. The molecule has 0 aromatic rings. The Kier molecular flexibility index (Phi) is 4.00. The van der Waals surface area contributed by atoms with E-state index in [4.69, 9.17) is 0 Å². The second kappa shape index (κ2) is 5.20. The molecule has 0 bridgehead atoms. The van der Waals surface area contributed by atoms with Gasteiger partial charge in [-0.1, -0.05) is 33.6 Å². The third-order valence-electron chi connectivity index (χ3n) is 5.13. The van der Waals surface area contributed by atoms with Crippen molar-refractivity contribution in [1.82, 2.24) is 4.90 Å². The van der Waals surface area contributed by atoms with Crippen molar-refractivity contribution in [2.24, 2.45) is 17.8 Å². The minimum absolute atomic E-state index is 0.0970. The molecule has 0 spiro atoms. The highest BCUT2D eigenvalue weighted by atomic mass is 16.3. The normalized spacial score (nSPS) is 34.3. The number of hydrogen-bond donors (Lipinski definition) is 1. The van der Waals surface area contributed by atoms with E-state index in [0.717, 1.165) is 38.8 Å². The maximum absolute atomic E-state index is 12.4. The van der Waals surface area contributed by atoms with Gasteiger partial charge in [0.1, 0.15) is 0 Å². The number of carbonyl (C=O) groups is 1. The van der Waals surface area contributed by atoms with E-state index in [0.29, 0.717) is 11.8 Å². The maximum atomic E-state index is 12.4. The number of piperidine rings is 1. The van der Waals surface area contributed by atoms with Gasteiger partial charge in [0.05, 0.1) is 5.60 Å². The zero-order valence-corrected chi connectivity index (χ0v) is 12.0. The van der Waals surface area contributed by atoms with Crippen molar-refractivity contribution in [3.63, 3.8) is 0 Å². The molecule has 2 rings (SSSR count). The molecular formula is C15H27NO2. The van der Waals surface area contributed by atoms with Crippen molar-refractivity contribution in [1.29, 1.82) is 0 Å². The minimum atomic E-state index is -0.476. The Morgan fingerprint density at radius 1 is 1.28 bits per heavy atom. The van der Waals surface area contributed by atoms with E-state index >= 15 is 0 Å². The van der Waals surface area contributed by atoms with Crippen LogP contribution >= 0.6 is 0 Å². The summed E-state index contributed by atoms with van der Waals surface area (Å²) in [5.41, 5.74) is -0.476. The van der Waals surface area contributed by atoms with E-state index in [2.05, 4.69) is 13.8 Å². The first-order valence-corrected chi connectivity index (χ1v) is 7.45. The molecule has 1 heterocycles. The number of fused-ring (bicyclic) bond motifs is 1. The van der Waals surface area contributed by atoms with E-state index < -0.39 is 5.60 Å². The zero-order valence-electron chi connectivity index (χ0n) is 12.0. The van der Waals surface area contributed by atoms with E-state index in [-0.39, 0.29) is 11.8 Å². The number of carbonyl (C=O) groups excluding carboxylic acids is 1. The summed E-state index contributed by atoms with van der Waals surface area (Å²) in [5, 5.41) is 10.6. The molecule has 1 N–H and O–H groups in total. The summed E-state index contributed by atoms with van der Waals surface area (Å²) in [7, 11) is 0. The molecule has 3 heteroatoms. The number of aliphatic hydroxyl groups is 1. The molecule has 0 aromatic heterocycles. The Balaban J connectivity index is 2.00. The first-order chi connectivity index (χ1) is 8.44. The highest BCUT2D eigenvalue weighted by molar-refractivity contribution is 5.78. The lowest BCUT2D eigenvalue weighted by molar-refractivity contribution is -0.148. The largest absolute Gasteiger partial charge is 0.389 e. The van der Waals surface area contributed by atoms with E-state index in [9.17, 15) is 9.90 Å². The van der Waals surface area contributed by atoms with Crippen LogP contribution in [0, 0.1) is 17.8 Å². The van der Waals surface area contributed by atoms with Crippen molar-refractivity contribution in [3.8, 4) is 0 Å². The van der Waals surface area contributed by atoms with Crippen molar-refractivity contribution in [2.75, 3.05) is 13.1 Å². The van der Waals surface area contributed by atoms with Gasteiger partial charge in [-0.2, -0.15) is 0 Å². The van der Waals surface area contributed by atoms with Crippen LogP contribution in [0.5, 0.6) is 0 Å². The first-order valence-electron chi connectivity index (χ1n) is 7.45. The molecular weight excluding hydrogens is 226 g/mol. The first kappa shape index (κ1) is 13.9. The number of hydrogen-bond acceptors (Lipinski definition) is 2. The van der Waals surface area contributed by atoms with Crippen molar-refractivity contribution >= 4 is 5.91 Å². The zero-order chi connectivity index (χ0) is 13.3. The molecule has 18 heavy (non-hydrogen) atoms. The summed E-state index contributed by atoms with van der Waals surface area (Å²) in [6, 6.07) is 0. The molecule has 3 unspecified atom stereocenters. The topological polar surface area (TPSA) is 40.5 Å². The summed E-state index contributed by atoms with van der Waals surface area (Å²) in [5.74, 6) is 1.07. The lowest BCUT2D eigenvalue weighted by atomic mass is 9.71. The summed E-state index contributed by atoms with van der Waals surface area (Å²) in [4.78, 5) is 14.4. The van der Waals surface area contributed by atoms with Gasteiger partial charge in [0.25, 0.3) is 0 Å². The van der Waals surface area contributed by atoms with Gasteiger partial charge in [0.15, 0.2) is 0 Å². The van der Waals surface area contributed by atoms with E-state index in [1.54, 1.807) is 0 Å². The average molecular weight is 253 g/mol. The fourth-order valence-corrected chi connectivity index (χ4v) is 3.34. The predicted molar refractivity (Wildman–Crippen MR) is 72.1 cm³/mol. The molecule has 3 nitrogen and oxygen atoms in total. The predicted octanol–water partition coefficient (Wildman–Crippen LogP) is 2.43. The number of rotatable bonds is 2. The standard InChI is InChI=1S/C15H27NO2/c1-11(2)12(3)14(17)16-9-8-15(18)7-5-4-6-13(15)10-16/h11-13,18H,4-10H2,1-3H3. The van der Waals surface area contributed by atoms with Gasteiger partial charge in [-0.25, -0.2) is 0 Å². The van der Waals surface area contributed by atoms with Gasteiger partial charge in [-0.15, -0.1) is 0 Å². The lowest BCUT2D eigenvalue weighted by Gasteiger charge is -2.48. The van der Waals surface area contributed by atoms with Crippen LogP contribution in [0.1, 0.15) is 52.9 Å². The third kappa shape index (κ3) is 2.56. The van der Waals surface area contributed by atoms with Crippen LogP contribution < -0.4 is 0 Å². The van der Waals surface area contributed by atoms with Crippen LogP contribution in [0.4, 0.5) is 0 Å². The van der Waals surface area contributed by atoms with Crippen molar-refractivity contribution in [3.05, 3.63) is 0 Å². The van der Waals surface area contributed by atoms with Crippen LogP contribution in [0.15, 0.2) is 0 Å². The summed E-state index contributed by atoms with van der Waals surface area (Å²) >= 11 is 0. The highest BCUT2D eigenvalue weighted by Gasteiger charge is 2.44. The number of nitrogens with zero attached hydrogens (tertiary/aromatic N) is 1. The van der Waals surface area contributed by atoms with Crippen molar-refractivity contribution in [2.45, 2.75) is 58.5 Å². The molecule has 1 saturated carbocycles. The third-order valence-corrected chi connectivity index (χ3v) is 5.13. The molecule has 3 atom stereocenters. The fourth-order valence-electron chi connectivity index (χ4n) is 3.34. The van der Waals surface area contributed by atoms with Gasteiger partial charge in [0.2, 0.25) is 5.91 Å². The Bertz CT molecular complexity index is 316. The van der Waals surface area contributed by atoms with Gasteiger partial charge in [0, 0.05) is 24.9 Å². The van der Waals surface area contributed by atoms with E-state index in [1.165, 1.54) is 6.42 Å². The smallest absolute Gasteiger partial charge is 0.225 e. The van der Waals surface area contributed by atoms with Gasteiger partial charge < -0.3 is 10.0 Å². The summed E-state index contributed by atoms with van der Waals surface area (Å²) in [6.45, 7) is 7.73. The molecule has 0 radical (unpaired) electrons. The summed E-state index contributed by atoms with van der Waals surface area (Å²) < 4.78 is 0. The Hall–Kier alpha value is -0.570. The second-order valence-electron chi connectivity index (χ2n) is 6.61. The molecule has 1 aliphatic carbocycles. The van der Waals surface area contributed by atoms with Crippen LogP contribution in [0.2, 0.25) is 0 Å². The lowest BCUT2D eigenvalue weighted by Crippen LogP contribution is -2.55. The van der Waals surface area contributed by atoms with Crippen LogP contribution in [0.3, 0.4) is 0 Å².